The van der Waals surface area contributed by atoms with Gasteiger partial charge in [-0.25, -0.2) is 8.78 Å². The van der Waals surface area contributed by atoms with Gasteiger partial charge in [-0.2, -0.15) is 13.2 Å². The van der Waals surface area contributed by atoms with Crippen LogP contribution in [0.3, 0.4) is 0 Å². The monoisotopic (exact) mass is 440 g/mol. The van der Waals surface area contributed by atoms with E-state index in [0.29, 0.717) is 24.9 Å². The summed E-state index contributed by atoms with van der Waals surface area (Å²) in [5.41, 5.74) is 0.328. The predicted molar refractivity (Wildman–Crippen MR) is 103 cm³/mol. The van der Waals surface area contributed by atoms with Crippen molar-refractivity contribution >= 4 is 11.8 Å². The normalized spacial score (nSPS) is 17.8. The van der Waals surface area contributed by atoms with Crippen LogP contribution in [0.1, 0.15) is 30.0 Å². The smallest absolute Gasteiger partial charge is 0.342 e. The molecule has 3 rings (SSSR count). The third-order valence-electron chi connectivity index (χ3n) is 5.23. The maximum atomic E-state index is 13.5. The molecule has 2 atom stereocenters. The second-order valence-electron chi connectivity index (χ2n) is 7.52. The molecule has 4 nitrogen and oxygen atoms in total. The fourth-order valence-corrected chi connectivity index (χ4v) is 3.58. The second-order valence-corrected chi connectivity index (χ2v) is 7.52. The molecule has 1 N–H and O–H groups in total. The van der Waals surface area contributed by atoms with Gasteiger partial charge < -0.3 is 10.2 Å². The number of hydrogen-bond acceptors (Lipinski definition) is 2. The van der Waals surface area contributed by atoms with E-state index in [4.69, 9.17) is 0 Å². The fourth-order valence-electron chi connectivity index (χ4n) is 3.58. The van der Waals surface area contributed by atoms with Crippen LogP contribution < -0.4 is 5.32 Å². The van der Waals surface area contributed by atoms with E-state index in [-0.39, 0.29) is 24.4 Å². The summed E-state index contributed by atoms with van der Waals surface area (Å²) in [6.45, 7) is 0.393. The van der Waals surface area contributed by atoms with Crippen molar-refractivity contribution < 1.29 is 31.5 Å². The van der Waals surface area contributed by atoms with Crippen molar-refractivity contribution in [3.8, 4) is 0 Å². The van der Waals surface area contributed by atoms with Gasteiger partial charge >= 0.3 is 6.18 Å². The molecule has 2 aromatic rings. The van der Waals surface area contributed by atoms with Crippen LogP contribution in [0, 0.1) is 17.6 Å². The van der Waals surface area contributed by atoms with Crippen molar-refractivity contribution in [2.75, 3.05) is 13.1 Å². The zero-order valence-corrected chi connectivity index (χ0v) is 16.5. The quantitative estimate of drug-likeness (QED) is 0.710. The van der Waals surface area contributed by atoms with Crippen molar-refractivity contribution in [1.82, 2.24) is 10.2 Å². The maximum Gasteiger partial charge on any atom is 0.412 e. The minimum absolute atomic E-state index is 0.000143. The summed E-state index contributed by atoms with van der Waals surface area (Å²) in [4.78, 5) is 26.6. The van der Waals surface area contributed by atoms with E-state index in [2.05, 4.69) is 0 Å². The minimum atomic E-state index is -4.76. The Morgan fingerprint density at radius 1 is 1.00 bits per heavy atom. The third kappa shape index (κ3) is 6.02. The van der Waals surface area contributed by atoms with Crippen molar-refractivity contribution in [2.45, 2.75) is 31.5 Å². The number of benzene rings is 2. The molecule has 0 aromatic heterocycles. The molecule has 1 heterocycles. The van der Waals surface area contributed by atoms with Gasteiger partial charge in [-0.05, 0) is 48.2 Å². The van der Waals surface area contributed by atoms with Crippen molar-refractivity contribution in [3.05, 3.63) is 71.3 Å². The number of piperidine rings is 1. The number of carbonyl (C=O) groups is 2. The van der Waals surface area contributed by atoms with Gasteiger partial charge in [-0.3, -0.25) is 9.59 Å². The number of rotatable bonds is 5. The van der Waals surface area contributed by atoms with Crippen LogP contribution in [0.2, 0.25) is 0 Å². The Morgan fingerprint density at radius 2 is 1.58 bits per heavy atom. The van der Waals surface area contributed by atoms with Crippen LogP contribution >= 0.6 is 0 Å². The minimum Gasteiger partial charge on any atom is -0.342 e. The number of halogens is 5. The van der Waals surface area contributed by atoms with Crippen LogP contribution in [0.5, 0.6) is 0 Å². The van der Waals surface area contributed by atoms with Crippen LogP contribution in [0.15, 0.2) is 48.5 Å². The standard InChI is InChI=1S/C22H21F5N2O2/c23-17-7-3-14(4-8-17)12-19(30)29-11-1-2-16(13-29)21(31)28-20(22(25,26)27)15-5-9-18(24)10-6-15/h3-10,16,20H,1-2,11-13H2,(H,28,31). The lowest BCUT2D eigenvalue weighted by atomic mass is 9.95. The molecular formula is C22H21F5N2O2. The molecule has 0 radical (unpaired) electrons. The summed E-state index contributed by atoms with van der Waals surface area (Å²) in [6, 6.07) is 6.93. The average molecular weight is 440 g/mol. The number of carbonyl (C=O) groups excluding carboxylic acids is 2. The van der Waals surface area contributed by atoms with Crippen molar-refractivity contribution in [3.63, 3.8) is 0 Å². The Labute approximate surface area is 176 Å². The molecule has 1 aliphatic rings. The van der Waals surface area contributed by atoms with Gasteiger partial charge in [0.1, 0.15) is 11.6 Å². The Balaban J connectivity index is 1.65. The highest BCUT2D eigenvalue weighted by molar-refractivity contribution is 5.82. The van der Waals surface area contributed by atoms with Gasteiger partial charge in [0.05, 0.1) is 12.3 Å². The molecule has 166 valence electrons. The summed E-state index contributed by atoms with van der Waals surface area (Å²) >= 11 is 0. The zero-order valence-electron chi connectivity index (χ0n) is 16.5. The molecule has 2 unspecified atom stereocenters. The first kappa shape index (κ1) is 22.7. The highest BCUT2D eigenvalue weighted by Crippen LogP contribution is 2.33. The average Bonchev–Trinajstić information content (AvgIpc) is 2.73. The van der Waals surface area contributed by atoms with Gasteiger partial charge in [0.2, 0.25) is 11.8 Å². The Morgan fingerprint density at radius 3 is 2.16 bits per heavy atom. The SMILES string of the molecule is O=C(NC(c1ccc(F)cc1)C(F)(F)F)C1CCCN(C(=O)Cc2ccc(F)cc2)C1. The van der Waals surface area contributed by atoms with Crippen LogP contribution in [-0.2, 0) is 16.0 Å². The summed E-state index contributed by atoms with van der Waals surface area (Å²) in [5.74, 6) is -3.00. The van der Waals surface area contributed by atoms with E-state index in [1.807, 2.05) is 5.32 Å². The second kappa shape index (κ2) is 9.45. The van der Waals surface area contributed by atoms with E-state index in [1.54, 1.807) is 0 Å². The lowest BCUT2D eigenvalue weighted by molar-refractivity contribution is -0.165. The van der Waals surface area contributed by atoms with Crippen LogP contribution in [-0.4, -0.2) is 36.0 Å². The number of likely N-dealkylation sites (tertiary alicyclic amines) is 1. The lowest BCUT2D eigenvalue weighted by Crippen LogP contribution is -2.48. The molecule has 1 fully saturated rings. The van der Waals surface area contributed by atoms with E-state index in [0.717, 1.165) is 24.3 Å². The van der Waals surface area contributed by atoms with Crippen molar-refractivity contribution in [2.24, 2.45) is 5.92 Å². The fraction of sp³-hybridized carbons (Fsp3) is 0.364. The molecule has 2 aromatic carbocycles. The van der Waals surface area contributed by atoms with Gasteiger partial charge in [0.25, 0.3) is 0 Å². The molecule has 9 heteroatoms. The van der Waals surface area contributed by atoms with E-state index in [1.165, 1.54) is 29.2 Å². The summed E-state index contributed by atoms with van der Waals surface area (Å²) < 4.78 is 66.6. The summed E-state index contributed by atoms with van der Waals surface area (Å²) in [6.07, 6.45) is -3.93. The van der Waals surface area contributed by atoms with E-state index >= 15 is 0 Å². The molecule has 0 spiro atoms. The van der Waals surface area contributed by atoms with Crippen LogP contribution in [0.4, 0.5) is 22.0 Å². The largest absolute Gasteiger partial charge is 0.412 e. The molecular weight excluding hydrogens is 419 g/mol. The van der Waals surface area contributed by atoms with E-state index < -0.39 is 35.7 Å². The molecule has 2 amide bonds. The van der Waals surface area contributed by atoms with Crippen LogP contribution in [0.25, 0.3) is 0 Å². The maximum absolute atomic E-state index is 13.5. The number of amides is 2. The predicted octanol–water partition coefficient (Wildman–Crippen LogP) is 4.17. The van der Waals surface area contributed by atoms with Gasteiger partial charge in [0.15, 0.2) is 6.04 Å². The summed E-state index contributed by atoms with van der Waals surface area (Å²) in [5, 5.41) is 2.01. The topological polar surface area (TPSA) is 49.4 Å². The first-order chi connectivity index (χ1) is 14.6. The summed E-state index contributed by atoms with van der Waals surface area (Å²) in [7, 11) is 0. The lowest BCUT2D eigenvalue weighted by Gasteiger charge is -2.33. The zero-order chi connectivity index (χ0) is 22.6. The number of alkyl halides is 3. The molecule has 1 saturated heterocycles. The van der Waals surface area contributed by atoms with E-state index in [9.17, 15) is 31.5 Å². The van der Waals surface area contributed by atoms with Gasteiger partial charge in [0, 0.05) is 13.1 Å². The molecule has 1 aliphatic heterocycles. The van der Waals surface area contributed by atoms with Gasteiger partial charge in [-0.15, -0.1) is 0 Å². The molecule has 0 saturated carbocycles. The first-order valence-corrected chi connectivity index (χ1v) is 9.78. The number of hydrogen-bond donors (Lipinski definition) is 1. The molecule has 0 bridgehead atoms. The van der Waals surface area contributed by atoms with Crippen molar-refractivity contribution in [1.29, 1.82) is 0 Å². The molecule has 0 aliphatic carbocycles. The highest BCUT2D eigenvalue weighted by Gasteiger charge is 2.43. The Bertz CT molecular complexity index is 913. The molecule has 31 heavy (non-hydrogen) atoms. The first-order valence-electron chi connectivity index (χ1n) is 9.78. The van der Waals surface area contributed by atoms with Gasteiger partial charge in [-0.1, -0.05) is 24.3 Å². The Hall–Kier alpha value is -2.97. The Kier molecular flexibility index (Phi) is 6.92. The highest BCUT2D eigenvalue weighted by atomic mass is 19.4. The number of nitrogens with one attached hydrogen (secondary N) is 1. The number of nitrogens with zero attached hydrogens (tertiary/aromatic N) is 1. The third-order valence-corrected chi connectivity index (χ3v) is 5.23.